The second kappa shape index (κ2) is 3.65. The highest BCUT2D eigenvalue weighted by Gasteiger charge is 2.17. The number of benzene rings is 1. The summed E-state index contributed by atoms with van der Waals surface area (Å²) in [5, 5.41) is 0.645. The van der Waals surface area contributed by atoms with Crippen molar-refractivity contribution >= 4 is 16.9 Å². The minimum atomic E-state index is -0.432. The lowest BCUT2D eigenvalue weighted by Gasteiger charge is -2.01. The summed E-state index contributed by atoms with van der Waals surface area (Å²) in [6.07, 6.45) is 1.37. The molecule has 1 aromatic heterocycles. The van der Waals surface area contributed by atoms with E-state index in [4.69, 9.17) is 9.15 Å². The molecule has 0 radical (unpaired) electrons. The van der Waals surface area contributed by atoms with Crippen LogP contribution in [0.2, 0.25) is 0 Å². The molecule has 0 unspecified atom stereocenters. The Kier molecular flexibility index (Phi) is 2.33. The molecule has 0 spiro atoms. The van der Waals surface area contributed by atoms with Gasteiger partial charge in [0.1, 0.15) is 23.2 Å². The van der Waals surface area contributed by atoms with Gasteiger partial charge in [-0.2, -0.15) is 0 Å². The van der Waals surface area contributed by atoms with Crippen LogP contribution in [-0.4, -0.2) is 20.2 Å². The van der Waals surface area contributed by atoms with Crippen molar-refractivity contribution in [2.24, 2.45) is 0 Å². The van der Waals surface area contributed by atoms with Gasteiger partial charge in [0.2, 0.25) is 0 Å². The van der Waals surface area contributed by atoms with E-state index in [1.165, 1.54) is 13.4 Å². The van der Waals surface area contributed by atoms with Gasteiger partial charge in [-0.05, 0) is 12.1 Å². The van der Waals surface area contributed by atoms with Crippen molar-refractivity contribution in [3.63, 3.8) is 0 Å². The Morgan fingerprint density at radius 1 is 1.33 bits per heavy atom. The molecule has 15 heavy (non-hydrogen) atoms. The van der Waals surface area contributed by atoms with Gasteiger partial charge in [0, 0.05) is 0 Å². The molecular formula is C11H10O4. The van der Waals surface area contributed by atoms with Crippen LogP contribution in [0.3, 0.4) is 0 Å². The van der Waals surface area contributed by atoms with Gasteiger partial charge in [0.05, 0.1) is 19.6 Å². The van der Waals surface area contributed by atoms with Crippen LogP contribution >= 0.6 is 0 Å². The van der Waals surface area contributed by atoms with Crippen molar-refractivity contribution in [1.82, 2.24) is 0 Å². The second-order valence-electron chi connectivity index (χ2n) is 2.97. The van der Waals surface area contributed by atoms with E-state index in [9.17, 15) is 4.79 Å². The third-order valence-electron chi connectivity index (χ3n) is 2.19. The normalized spacial score (nSPS) is 10.3. The molecule has 4 heteroatoms. The van der Waals surface area contributed by atoms with Crippen molar-refractivity contribution in [3.8, 4) is 5.75 Å². The Balaban J connectivity index is 2.71. The molecular weight excluding hydrogens is 196 g/mol. The summed E-state index contributed by atoms with van der Waals surface area (Å²) in [6, 6.07) is 5.33. The first-order chi connectivity index (χ1) is 7.27. The summed E-state index contributed by atoms with van der Waals surface area (Å²) >= 11 is 0. The minimum Gasteiger partial charge on any atom is -0.496 e. The number of carbonyl (C=O) groups is 1. The van der Waals surface area contributed by atoms with Crippen LogP contribution in [0.25, 0.3) is 11.0 Å². The van der Waals surface area contributed by atoms with E-state index in [-0.39, 0.29) is 0 Å². The number of hydrogen-bond donors (Lipinski definition) is 0. The van der Waals surface area contributed by atoms with Gasteiger partial charge in [-0.25, -0.2) is 4.79 Å². The minimum absolute atomic E-state index is 0.380. The first kappa shape index (κ1) is 9.58. The van der Waals surface area contributed by atoms with Crippen LogP contribution in [0.15, 0.2) is 28.9 Å². The summed E-state index contributed by atoms with van der Waals surface area (Å²) in [5.74, 6) is 0.167. The van der Waals surface area contributed by atoms with E-state index >= 15 is 0 Å². The first-order valence-electron chi connectivity index (χ1n) is 4.40. The Labute approximate surface area is 86.4 Å². The Morgan fingerprint density at radius 3 is 2.80 bits per heavy atom. The molecule has 0 aliphatic heterocycles. The summed E-state index contributed by atoms with van der Waals surface area (Å²) in [7, 11) is 2.87. The lowest BCUT2D eigenvalue weighted by Crippen LogP contribution is -2.00. The maximum atomic E-state index is 11.4. The zero-order chi connectivity index (χ0) is 10.8. The summed E-state index contributed by atoms with van der Waals surface area (Å²) in [4.78, 5) is 11.4. The molecule has 2 aromatic rings. The van der Waals surface area contributed by atoms with Gasteiger partial charge < -0.3 is 13.9 Å². The van der Waals surface area contributed by atoms with E-state index in [1.807, 2.05) is 0 Å². The molecule has 1 aromatic carbocycles. The molecule has 1 heterocycles. The molecule has 0 aliphatic carbocycles. The number of methoxy groups -OCH3 is 2. The summed E-state index contributed by atoms with van der Waals surface area (Å²) in [6.45, 7) is 0. The Bertz CT molecular complexity index is 498. The average molecular weight is 206 g/mol. The molecule has 0 fully saturated rings. The van der Waals surface area contributed by atoms with Crippen molar-refractivity contribution in [3.05, 3.63) is 30.0 Å². The zero-order valence-electron chi connectivity index (χ0n) is 8.44. The smallest absolute Gasteiger partial charge is 0.341 e. The number of hydrogen-bond acceptors (Lipinski definition) is 4. The van der Waals surface area contributed by atoms with Crippen LogP contribution in [0.1, 0.15) is 10.4 Å². The van der Waals surface area contributed by atoms with E-state index in [0.29, 0.717) is 22.3 Å². The fraction of sp³-hybridized carbons (Fsp3) is 0.182. The van der Waals surface area contributed by atoms with E-state index in [1.54, 1.807) is 25.3 Å². The molecule has 0 saturated heterocycles. The molecule has 0 saturated carbocycles. The average Bonchev–Trinajstić information content (AvgIpc) is 2.71. The SMILES string of the molecule is COC(=O)c1coc2cccc(OC)c12. The lowest BCUT2D eigenvalue weighted by atomic mass is 10.1. The highest BCUT2D eigenvalue weighted by molar-refractivity contribution is 6.05. The van der Waals surface area contributed by atoms with E-state index < -0.39 is 5.97 Å². The molecule has 4 nitrogen and oxygen atoms in total. The maximum Gasteiger partial charge on any atom is 0.341 e. The van der Waals surface area contributed by atoms with Gasteiger partial charge in [0.15, 0.2) is 0 Å². The van der Waals surface area contributed by atoms with Gasteiger partial charge in [-0.3, -0.25) is 0 Å². The topological polar surface area (TPSA) is 48.7 Å². The monoisotopic (exact) mass is 206 g/mol. The molecule has 78 valence electrons. The number of carbonyl (C=O) groups excluding carboxylic acids is 1. The molecule has 0 N–H and O–H groups in total. The van der Waals surface area contributed by atoms with Crippen LogP contribution < -0.4 is 4.74 Å². The predicted octanol–water partition coefficient (Wildman–Crippen LogP) is 2.23. The fourth-order valence-electron chi connectivity index (χ4n) is 1.49. The molecule has 2 rings (SSSR count). The predicted molar refractivity (Wildman–Crippen MR) is 54.1 cm³/mol. The number of ether oxygens (including phenoxy) is 2. The number of esters is 1. The van der Waals surface area contributed by atoms with Gasteiger partial charge in [-0.1, -0.05) is 6.07 Å². The summed E-state index contributed by atoms with van der Waals surface area (Å²) in [5.41, 5.74) is 0.986. The third kappa shape index (κ3) is 1.44. The molecule has 0 atom stereocenters. The lowest BCUT2D eigenvalue weighted by molar-refractivity contribution is 0.0601. The maximum absolute atomic E-state index is 11.4. The summed E-state index contributed by atoms with van der Waals surface area (Å²) < 4.78 is 15.0. The molecule has 0 bridgehead atoms. The fourth-order valence-corrected chi connectivity index (χ4v) is 1.49. The Morgan fingerprint density at radius 2 is 2.13 bits per heavy atom. The number of rotatable bonds is 2. The standard InChI is InChI=1S/C11H10O4/c1-13-8-4-3-5-9-10(8)7(6-15-9)11(12)14-2/h3-6H,1-2H3. The first-order valence-corrected chi connectivity index (χ1v) is 4.40. The Hall–Kier alpha value is -1.97. The zero-order valence-corrected chi connectivity index (χ0v) is 8.44. The highest BCUT2D eigenvalue weighted by Crippen LogP contribution is 2.30. The van der Waals surface area contributed by atoms with Crippen LogP contribution in [0, 0.1) is 0 Å². The molecule has 0 amide bonds. The molecule has 0 aliphatic rings. The van der Waals surface area contributed by atoms with Gasteiger partial charge in [-0.15, -0.1) is 0 Å². The van der Waals surface area contributed by atoms with E-state index in [0.717, 1.165) is 0 Å². The number of fused-ring (bicyclic) bond motifs is 1. The van der Waals surface area contributed by atoms with E-state index in [2.05, 4.69) is 4.74 Å². The highest BCUT2D eigenvalue weighted by atomic mass is 16.5. The van der Waals surface area contributed by atoms with Crippen molar-refractivity contribution < 1.29 is 18.7 Å². The van der Waals surface area contributed by atoms with Crippen LogP contribution in [-0.2, 0) is 4.74 Å². The quantitative estimate of drug-likeness (QED) is 0.707. The van der Waals surface area contributed by atoms with Gasteiger partial charge in [0.25, 0.3) is 0 Å². The van der Waals surface area contributed by atoms with Crippen LogP contribution in [0.5, 0.6) is 5.75 Å². The van der Waals surface area contributed by atoms with Gasteiger partial charge >= 0.3 is 5.97 Å². The largest absolute Gasteiger partial charge is 0.496 e. The van der Waals surface area contributed by atoms with Crippen LogP contribution in [0.4, 0.5) is 0 Å². The van der Waals surface area contributed by atoms with Crippen molar-refractivity contribution in [1.29, 1.82) is 0 Å². The number of furan rings is 1. The second-order valence-corrected chi connectivity index (χ2v) is 2.97. The van der Waals surface area contributed by atoms with Crippen molar-refractivity contribution in [2.45, 2.75) is 0 Å². The van der Waals surface area contributed by atoms with Crippen molar-refractivity contribution in [2.75, 3.05) is 14.2 Å². The third-order valence-corrected chi connectivity index (χ3v) is 2.19.